The van der Waals surface area contributed by atoms with Crippen molar-refractivity contribution >= 4 is 31.9 Å². The van der Waals surface area contributed by atoms with Gasteiger partial charge in [-0.1, -0.05) is 44.0 Å². The van der Waals surface area contributed by atoms with Crippen molar-refractivity contribution in [2.75, 3.05) is 5.33 Å². The second kappa shape index (κ2) is 6.65. The number of hydrogen-bond acceptors (Lipinski definition) is 1. The molecule has 0 radical (unpaired) electrons. The molecular weight excluding hydrogens is 422 g/mol. The molecule has 1 nitrogen and oxygen atoms in total. The van der Waals surface area contributed by atoms with Gasteiger partial charge in [-0.15, -0.1) is 0 Å². The van der Waals surface area contributed by atoms with Crippen LogP contribution in [0.1, 0.15) is 11.7 Å². The van der Waals surface area contributed by atoms with Gasteiger partial charge in [0.25, 0.3) is 0 Å². The van der Waals surface area contributed by atoms with Crippen LogP contribution in [0.2, 0.25) is 0 Å². The largest absolute Gasteiger partial charge is 0.423 e. The summed E-state index contributed by atoms with van der Waals surface area (Å²) in [6.45, 7) is 0. The molecule has 0 saturated carbocycles. The number of rotatable bonds is 4. The number of halogens is 8. The number of hydrogen-bond donors (Lipinski definition) is 0. The highest BCUT2D eigenvalue weighted by atomic mass is 79.9. The van der Waals surface area contributed by atoms with Crippen molar-refractivity contribution in [1.29, 1.82) is 0 Å². The normalized spacial score (nSPS) is 14.7. The third-order valence-electron chi connectivity index (χ3n) is 2.28. The molecule has 0 aliphatic rings. The summed E-state index contributed by atoms with van der Waals surface area (Å²) in [5.74, 6) is 0. The maximum absolute atomic E-state index is 12.4. The van der Waals surface area contributed by atoms with Crippen molar-refractivity contribution in [3.8, 4) is 0 Å². The first-order valence-corrected chi connectivity index (χ1v) is 7.07. The van der Waals surface area contributed by atoms with E-state index in [4.69, 9.17) is 0 Å². The monoisotopic (exact) mass is 428 g/mol. The van der Waals surface area contributed by atoms with E-state index < -0.39 is 24.6 Å². The number of benzene rings is 1. The first-order chi connectivity index (χ1) is 9.05. The number of ether oxygens (including phenoxy) is 1. The lowest BCUT2D eigenvalue weighted by atomic mass is 10.1. The Morgan fingerprint density at radius 1 is 0.950 bits per heavy atom. The third kappa shape index (κ3) is 4.92. The summed E-state index contributed by atoms with van der Waals surface area (Å²) >= 11 is 5.98. The smallest absolute Gasteiger partial charge is 0.352 e. The van der Waals surface area contributed by atoms with Crippen molar-refractivity contribution in [2.45, 2.75) is 24.6 Å². The maximum atomic E-state index is 12.4. The minimum atomic E-state index is -5.52. The molecule has 0 bridgehead atoms. The van der Waals surface area contributed by atoms with E-state index in [1.165, 1.54) is 24.3 Å². The molecule has 1 rings (SSSR count). The second-order valence-corrected chi connectivity index (χ2v) is 5.36. The fourth-order valence-electron chi connectivity index (χ4n) is 1.39. The van der Waals surface area contributed by atoms with Crippen LogP contribution < -0.4 is 0 Å². The van der Waals surface area contributed by atoms with Crippen molar-refractivity contribution < 1.29 is 31.1 Å². The fraction of sp³-hybridized carbons (Fsp3) is 0.455. The summed E-state index contributed by atoms with van der Waals surface area (Å²) < 4.78 is 79.4. The van der Waals surface area contributed by atoms with Gasteiger partial charge in [-0.3, -0.25) is 0 Å². The molecule has 0 spiro atoms. The summed E-state index contributed by atoms with van der Waals surface area (Å²) in [7, 11) is 0. The van der Waals surface area contributed by atoms with E-state index in [0.29, 0.717) is 4.47 Å². The van der Waals surface area contributed by atoms with Gasteiger partial charge in [-0.25, -0.2) is 0 Å². The Kier molecular flexibility index (Phi) is 5.91. The van der Waals surface area contributed by atoms with Gasteiger partial charge in [0.1, 0.15) is 0 Å². The van der Waals surface area contributed by atoms with Gasteiger partial charge in [0, 0.05) is 9.80 Å². The molecule has 0 N–H and O–H groups in total. The molecule has 20 heavy (non-hydrogen) atoms. The Bertz CT molecular complexity index is 414. The molecule has 0 saturated heterocycles. The quantitative estimate of drug-likeness (QED) is 0.460. The Morgan fingerprint density at radius 3 is 1.75 bits per heavy atom. The highest BCUT2D eigenvalue weighted by Crippen LogP contribution is 2.39. The van der Waals surface area contributed by atoms with E-state index in [0.717, 1.165) is 0 Å². The van der Waals surface area contributed by atoms with E-state index in [1.807, 2.05) is 0 Å². The lowest BCUT2D eigenvalue weighted by Crippen LogP contribution is -2.45. The minimum absolute atomic E-state index is 0.197. The van der Waals surface area contributed by atoms with Crippen LogP contribution in [0.15, 0.2) is 28.7 Å². The summed E-state index contributed by atoms with van der Waals surface area (Å²) in [6, 6.07) is 5.79. The Hall–Kier alpha value is -0.280. The first-order valence-electron chi connectivity index (χ1n) is 5.16. The van der Waals surface area contributed by atoms with Gasteiger partial charge < -0.3 is 4.74 Å². The average Bonchev–Trinajstić information content (AvgIpc) is 2.28. The predicted molar refractivity (Wildman–Crippen MR) is 67.7 cm³/mol. The van der Waals surface area contributed by atoms with Crippen LogP contribution in [0.25, 0.3) is 0 Å². The van der Waals surface area contributed by atoms with Gasteiger partial charge in [0.15, 0.2) is 0 Å². The number of alkyl halides is 7. The van der Waals surface area contributed by atoms with E-state index in [9.17, 15) is 26.3 Å². The van der Waals surface area contributed by atoms with Crippen molar-refractivity contribution in [2.24, 2.45) is 0 Å². The van der Waals surface area contributed by atoms with E-state index in [1.54, 1.807) is 0 Å². The highest BCUT2D eigenvalue weighted by molar-refractivity contribution is 9.10. The van der Waals surface area contributed by atoms with Gasteiger partial charge in [-0.05, 0) is 17.7 Å². The van der Waals surface area contributed by atoms with Crippen LogP contribution in [-0.2, 0) is 4.74 Å². The molecule has 0 aliphatic carbocycles. The molecule has 0 heterocycles. The fourth-order valence-corrected chi connectivity index (χ4v) is 2.18. The molecule has 0 aromatic heterocycles. The lowest BCUT2D eigenvalue weighted by Gasteiger charge is -2.27. The minimum Gasteiger partial charge on any atom is -0.352 e. The Balaban J connectivity index is 2.98. The van der Waals surface area contributed by atoms with Crippen molar-refractivity contribution in [3.63, 3.8) is 0 Å². The molecule has 9 heteroatoms. The van der Waals surface area contributed by atoms with Crippen molar-refractivity contribution in [3.05, 3.63) is 34.3 Å². The topological polar surface area (TPSA) is 9.23 Å². The van der Waals surface area contributed by atoms with Gasteiger partial charge in [-0.2, -0.15) is 26.3 Å². The van der Waals surface area contributed by atoms with E-state index in [2.05, 4.69) is 36.6 Å². The van der Waals surface area contributed by atoms with Crippen molar-refractivity contribution in [1.82, 2.24) is 0 Å². The van der Waals surface area contributed by atoms with Crippen LogP contribution in [0, 0.1) is 0 Å². The maximum Gasteiger partial charge on any atom is 0.423 e. The van der Waals surface area contributed by atoms with Crippen LogP contribution >= 0.6 is 31.9 Å². The molecule has 1 unspecified atom stereocenters. The molecule has 1 aromatic rings. The van der Waals surface area contributed by atoms with Gasteiger partial charge in [0.2, 0.25) is 6.10 Å². The highest BCUT2D eigenvalue weighted by Gasteiger charge is 2.58. The SMILES string of the molecule is FC(F)(F)C(OC(CBr)c1ccc(Br)cc1)C(F)(F)F. The molecule has 1 aromatic carbocycles. The molecule has 0 amide bonds. The molecule has 1 atom stereocenters. The zero-order valence-corrected chi connectivity index (χ0v) is 12.8. The summed E-state index contributed by atoms with van der Waals surface area (Å²) in [5.41, 5.74) is 0.212. The van der Waals surface area contributed by atoms with Crippen LogP contribution in [0.5, 0.6) is 0 Å². The predicted octanol–water partition coefficient (Wildman–Crippen LogP) is 5.39. The van der Waals surface area contributed by atoms with Gasteiger partial charge in [0.05, 0.1) is 6.10 Å². The summed E-state index contributed by atoms with van der Waals surface area (Å²) in [4.78, 5) is 0. The molecule has 114 valence electrons. The molecular formula is C11H8Br2F6O. The Morgan fingerprint density at radius 2 is 1.40 bits per heavy atom. The summed E-state index contributed by atoms with van der Waals surface area (Å²) in [5, 5.41) is -0.197. The first kappa shape index (κ1) is 17.8. The van der Waals surface area contributed by atoms with Crippen LogP contribution in [-0.4, -0.2) is 23.8 Å². The second-order valence-electron chi connectivity index (χ2n) is 3.79. The van der Waals surface area contributed by atoms with Crippen LogP contribution in [0.4, 0.5) is 26.3 Å². The molecule has 0 fully saturated rings. The standard InChI is InChI=1S/C11H8Br2F6O/c12-5-8(6-1-3-7(13)4-2-6)20-9(10(14,15)16)11(17,18)19/h1-4,8-9H,5H2. The zero-order chi connectivity index (χ0) is 15.6. The zero-order valence-electron chi connectivity index (χ0n) is 9.60. The van der Waals surface area contributed by atoms with Crippen LogP contribution in [0.3, 0.4) is 0 Å². The lowest BCUT2D eigenvalue weighted by molar-refractivity contribution is -0.330. The van der Waals surface area contributed by atoms with E-state index in [-0.39, 0.29) is 10.9 Å². The third-order valence-corrected chi connectivity index (χ3v) is 3.39. The Labute approximate surface area is 127 Å². The summed E-state index contributed by atoms with van der Waals surface area (Å²) in [6.07, 6.45) is -16.2. The average molecular weight is 430 g/mol. The van der Waals surface area contributed by atoms with E-state index >= 15 is 0 Å². The van der Waals surface area contributed by atoms with Gasteiger partial charge >= 0.3 is 12.4 Å². The molecule has 0 aliphatic heterocycles.